The summed E-state index contributed by atoms with van der Waals surface area (Å²) in [5.41, 5.74) is 2.78. The Bertz CT molecular complexity index is 472. The first-order valence-electron chi connectivity index (χ1n) is 5.22. The van der Waals surface area contributed by atoms with Gasteiger partial charge in [0, 0.05) is 13.1 Å². The topological polar surface area (TPSA) is 38.0 Å². The minimum atomic E-state index is 0.329. The van der Waals surface area contributed by atoms with E-state index in [2.05, 4.69) is 4.98 Å². The zero-order valence-electron chi connectivity index (χ0n) is 10.00. The smallest absolute Gasteiger partial charge is 0.120 e. The van der Waals surface area contributed by atoms with Gasteiger partial charge in [-0.15, -0.1) is 0 Å². The summed E-state index contributed by atoms with van der Waals surface area (Å²) in [5.74, 6) is 1.29. The Morgan fingerprint density at radius 2 is 1.80 bits per heavy atom. The third kappa shape index (κ3) is 1.96. The molecule has 2 rings (SSSR count). The van der Waals surface area contributed by atoms with Crippen molar-refractivity contribution in [3.05, 3.63) is 23.5 Å². The lowest BCUT2D eigenvalue weighted by atomic mass is 10.2. The van der Waals surface area contributed by atoms with E-state index in [4.69, 9.17) is 0 Å². The summed E-state index contributed by atoms with van der Waals surface area (Å²) in [4.78, 5) is 4.37. The van der Waals surface area contributed by atoms with E-state index in [1.165, 1.54) is 0 Å². The Labute approximate surface area is 90.4 Å². The summed E-state index contributed by atoms with van der Waals surface area (Å²) >= 11 is 0. The molecular formula is C12H18N2O. The summed E-state index contributed by atoms with van der Waals surface area (Å²) in [7, 11) is 1.94. The van der Waals surface area contributed by atoms with E-state index in [1.54, 1.807) is 6.07 Å². The molecular weight excluding hydrogens is 188 g/mol. The summed E-state index contributed by atoms with van der Waals surface area (Å²) in [6.45, 7) is 7.82. The number of nitrogens with zero attached hydrogens (tertiary/aromatic N) is 2. The summed E-state index contributed by atoms with van der Waals surface area (Å²) in [6, 6.07) is 3.66. The minimum Gasteiger partial charge on any atom is -0.508 e. The Morgan fingerprint density at radius 1 is 1.20 bits per heavy atom. The van der Waals surface area contributed by atoms with Gasteiger partial charge < -0.3 is 9.67 Å². The van der Waals surface area contributed by atoms with Gasteiger partial charge in [-0.25, -0.2) is 4.98 Å². The van der Waals surface area contributed by atoms with Gasteiger partial charge in [0.15, 0.2) is 0 Å². The molecule has 15 heavy (non-hydrogen) atoms. The lowest BCUT2D eigenvalue weighted by molar-refractivity contribution is 0.472. The van der Waals surface area contributed by atoms with Crippen molar-refractivity contribution >= 4 is 11.0 Å². The van der Waals surface area contributed by atoms with Gasteiger partial charge in [0.25, 0.3) is 0 Å². The average molecular weight is 206 g/mol. The molecule has 0 atom stereocenters. The number of aromatic nitrogens is 2. The van der Waals surface area contributed by atoms with Gasteiger partial charge in [0.2, 0.25) is 0 Å². The van der Waals surface area contributed by atoms with Crippen LogP contribution in [0.15, 0.2) is 12.1 Å². The van der Waals surface area contributed by atoms with Crippen LogP contribution in [-0.2, 0) is 7.05 Å². The van der Waals surface area contributed by atoms with Crippen LogP contribution in [0.2, 0.25) is 0 Å². The molecule has 0 aliphatic rings. The van der Waals surface area contributed by atoms with Crippen LogP contribution in [-0.4, -0.2) is 14.7 Å². The SMILES string of the molecule is CC.Cc1cc2nc(C)n(C)c2cc1O. The first-order chi connectivity index (χ1) is 7.09. The van der Waals surface area contributed by atoms with Crippen LogP contribution in [0.3, 0.4) is 0 Å². The second kappa shape index (κ2) is 4.34. The zero-order chi connectivity index (χ0) is 11.6. The Morgan fingerprint density at radius 3 is 2.40 bits per heavy atom. The molecule has 0 fully saturated rings. The maximum Gasteiger partial charge on any atom is 0.120 e. The lowest BCUT2D eigenvalue weighted by Crippen LogP contribution is -1.89. The normalized spacial score (nSPS) is 9.93. The van der Waals surface area contributed by atoms with Gasteiger partial charge in [-0.1, -0.05) is 13.8 Å². The molecule has 0 saturated carbocycles. The molecule has 2 aromatic rings. The van der Waals surface area contributed by atoms with Crippen molar-refractivity contribution in [3.63, 3.8) is 0 Å². The third-order valence-corrected chi connectivity index (χ3v) is 2.42. The Hall–Kier alpha value is -1.51. The Kier molecular flexibility index (Phi) is 3.35. The molecule has 1 N–H and O–H groups in total. The highest BCUT2D eigenvalue weighted by molar-refractivity contribution is 5.78. The minimum absolute atomic E-state index is 0.329. The van der Waals surface area contributed by atoms with Crippen LogP contribution >= 0.6 is 0 Å². The standard InChI is InChI=1S/C10H12N2O.C2H6/c1-6-4-8-9(5-10(6)13)12(3)7(2)11-8;1-2/h4-5,13H,1-3H3;1-2H3. The number of phenols is 1. The third-order valence-electron chi connectivity index (χ3n) is 2.42. The van der Waals surface area contributed by atoms with Crippen molar-refractivity contribution in [3.8, 4) is 5.75 Å². The van der Waals surface area contributed by atoms with Crippen LogP contribution in [0, 0.1) is 13.8 Å². The first kappa shape index (κ1) is 11.6. The molecule has 1 aromatic carbocycles. The largest absolute Gasteiger partial charge is 0.508 e. The van der Waals surface area contributed by atoms with Crippen molar-refractivity contribution < 1.29 is 5.11 Å². The number of hydrogen-bond acceptors (Lipinski definition) is 2. The van der Waals surface area contributed by atoms with Crippen molar-refractivity contribution in [1.29, 1.82) is 0 Å². The van der Waals surface area contributed by atoms with Crippen molar-refractivity contribution in [2.75, 3.05) is 0 Å². The average Bonchev–Trinajstić information content (AvgIpc) is 2.49. The van der Waals surface area contributed by atoms with Crippen molar-refractivity contribution in [1.82, 2.24) is 9.55 Å². The molecule has 0 radical (unpaired) electrons. The van der Waals surface area contributed by atoms with E-state index >= 15 is 0 Å². The van der Waals surface area contributed by atoms with Gasteiger partial charge in [-0.3, -0.25) is 0 Å². The highest BCUT2D eigenvalue weighted by Crippen LogP contribution is 2.23. The molecule has 82 valence electrons. The van der Waals surface area contributed by atoms with E-state index < -0.39 is 0 Å². The fraction of sp³-hybridized carbons (Fsp3) is 0.417. The van der Waals surface area contributed by atoms with Gasteiger partial charge in [0.05, 0.1) is 11.0 Å². The number of hydrogen-bond donors (Lipinski definition) is 1. The number of fused-ring (bicyclic) bond motifs is 1. The molecule has 0 unspecified atom stereocenters. The van der Waals surface area contributed by atoms with E-state index in [0.29, 0.717) is 5.75 Å². The number of imidazole rings is 1. The molecule has 0 amide bonds. The van der Waals surface area contributed by atoms with Gasteiger partial charge in [-0.05, 0) is 25.5 Å². The number of phenolic OH excluding ortho intramolecular Hbond substituents is 1. The van der Waals surface area contributed by atoms with Crippen molar-refractivity contribution in [2.24, 2.45) is 7.05 Å². The van der Waals surface area contributed by atoms with Crippen molar-refractivity contribution in [2.45, 2.75) is 27.7 Å². The van der Waals surface area contributed by atoms with Crippen LogP contribution in [0.4, 0.5) is 0 Å². The maximum absolute atomic E-state index is 9.51. The Balaban J connectivity index is 0.000000531. The summed E-state index contributed by atoms with van der Waals surface area (Å²) in [5, 5.41) is 9.51. The molecule has 0 spiro atoms. The molecule has 3 nitrogen and oxygen atoms in total. The molecule has 0 saturated heterocycles. The van der Waals surface area contributed by atoms with Crippen LogP contribution in [0.5, 0.6) is 5.75 Å². The fourth-order valence-electron chi connectivity index (χ4n) is 1.45. The van der Waals surface area contributed by atoms with Gasteiger partial charge in [0.1, 0.15) is 11.6 Å². The fourth-order valence-corrected chi connectivity index (χ4v) is 1.45. The molecule has 1 aromatic heterocycles. The predicted octanol–water partition coefficient (Wildman–Crippen LogP) is 2.92. The number of aryl methyl sites for hydroxylation is 3. The zero-order valence-corrected chi connectivity index (χ0v) is 10.00. The van der Waals surface area contributed by atoms with Crippen LogP contribution < -0.4 is 0 Å². The highest BCUT2D eigenvalue weighted by Gasteiger charge is 2.06. The van der Waals surface area contributed by atoms with Crippen LogP contribution in [0.25, 0.3) is 11.0 Å². The van der Waals surface area contributed by atoms with Crippen LogP contribution in [0.1, 0.15) is 25.2 Å². The van der Waals surface area contributed by atoms with E-state index in [1.807, 2.05) is 45.4 Å². The maximum atomic E-state index is 9.51. The lowest BCUT2D eigenvalue weighted by Gasteiger charge is -1.99. The monoisotopic (exact) mass is 206 g/mol. The second-order valence-corrected chi connectivity index (χ2v) is 3.35. The number of rotatable bonds is 0. The van der Waals surface area contributed by atoms with E-state index in [9.17, 15) is 5.11 Å². The summed E-state index contributed by atoms with van der Waals surface area (Å²) < 4.78 is 1.97. The number of benzene rings is 1. The summed E-state index contributed by atoms with van der Waals surface area (Å²) in [6.07, 6.45) is 0. The molecule has 0 aliphatic carbocycles. The van der Waals surface area contributed by atoms with E-state index in [-0.39, 0.29) is 0 Å². The van der Waals surface area contributed by atoms with Gasteiger partial charge >= 0.3 is 0 Å². The molecule has 1 heterocycles. The quantitative estimate of drug-likeness (QED) is 0.719. The van der Waals surface area contributed by atoms with Gasteiger partial charge in [-0.2, -0.15) is 0 Å². The molecule has 0 aliphatic heterocycles. The highest BCUT2D eigenvalue weighted by atomic mass is 16.3. The predicted molar refractivity (Wildman–Crippen MR) is 63.2 cm³/mol. The first-order valence-corrected chi connectivity index (χ1v) is 5.22. The molecule has 0 bridgehead atoms. The second-order valence-electron chi connectivity index (χ2n) is 3.35. The molecule has 3 heteroatoms. The number of aromatic hydroxyl groups is 1. The van der Waals surface area contributed by atoms with E-state index in [0.717, 1.165) is 22.4 Å².